The summed E-state index contributed by atoms with van der Waals surface area (Å²) < 4.78 is 1.89. The number of amides is 1. The van der Waals surface area contributed by atoms with E-state index in [1.54, 1.807) is 12.1 Å². The molecule has 0 saturated carbocycles. The maximum atomic E-state index is 12.1. The van der Waals surface area contributed by atoms with Crippen LogP contribution in [0.5, 0.6) is 0 Å². The maximum absolute atomic E-state index is 12.1. The van der Waals surface area contributed by atoms with Crippen molar-refractivity contribution in [2.75, 3.05) is 5.32 Å². The molecule has 6 nitrogen and oxygen atoms in total. The van der Waals surface area contributed by atoms with Crippen LogP contribution in [0.1, 0.15) is 21.6 Å². The van der Waals surface area contributed by atoms with Gasteiger partial charge in [-0.3, -0.25) is 4.79 Å². The summed E-state index contributed by atoms with van der Waals surface area (Å²) in [5.41, 5.74) is 3.29. The first-order valence-corrected chi connectivity index (χ1v) is 7.09. The quantitative estimate of drug-likeness (QED) is 0.775. The molecule has 0 spiro atoms. The van der Waals surface area contributed by atoms with Gasteiger partial charge in [-0.05, 0) is 42.8 Å². The Morgan fingerprint density at radius 3 is 2.61 bits per heavy atom. The first kappa shape index (κ1) is 14.8. The van der Waals surface area contributed by atoms with E-state index in [1.807, 2.05) is 35.9 Å². The van der Waals surface area contributed by atoms with Crippen LogP contribution >= 0.6 is 0 Å². The molecular formula is C17H15N3O3. The Morgan fingerprint density at radius 1 is 1.22 bits per heavy atom. The third-order valence-electron chi connectivity index (χ3n) is 3.49. The molecule has 0 unspecified atom stereocenters. The van der Waals surface area contributed by atoms with Crippen molar-refractivity contribution in [1.82, 2.24) is 9.38 Å². The average Bonchev–Trinajstić information content (AvgIpc) is 2.91. The molecule has 0 aliphatic carbocycles. The zero-order chi connectivity index (χ0) is 16.4. The topological polar surface area (TPSA) is 83.7 Å². The third kappa shape index (κ3) is 3.21. The first-order valence-electron chi connectivity index (χ1n) is 7.09. The lowest BCUT2D eigenvalue weighted by atomic mass is 10.2. The van der Waals surface area contributed by atoms with Crippen LogP contribution < -0.4 is 5.32 Å². The number of nitrogens with one attached hydrogen (secondary N) is 1. The first-order chi connectivity index (χ1) is 11.0. The van der Waals surface area contributed by atoms with Crippen LogP contribution in [0.4, 0.5) is 5.69 Å². The zero-order valence-corrected chi connectivity index (χ0v) is 12.5. The Bertz CT molecular complexity index is 882. The predicted molar refractivity (Wildman–Crippen MR) is 85.7 cm³/mol. The van der Waals surface area contributed by atoms with E-state index in [4.69, 9.17) is 5.11 Å². The number of carboxylic acids is 1. The molecule has 0 aliphatic rings. The van der Waals surface area contributed by atoms with Crippen molar-refractivity contribution in [2.45, 2.75) is 13.3 Å². The summed E-state index contributed by atoms with van der Waals surface area (Å²) in [7, 11) is 0. The maximum Gasteiger partial charge on any atom is 0.335 e. The van der Waals surface area contributed by atoms with E-state index in [1.165, 1.54) is 12.1 Å². The lowest BCUT2D eigenvalue weighted by molar-refractivity contribution is -0.115. The molecule has 6 heteroatoms. The van der Waals surface area contributed by atoms with Crippen molar-refractivity contribution in [1.29, 1.82) is 0 Å². The number of aromatic carboxylic acids is 1. The van der Waals surface area contributed by atoms with Gasteiger partial charge in [0.25, 0.3) is 0 Å². The third-order valence-corrected chi connectivity index (χ3v) is 3.49. The van der Waals surface area contributed by atoms with Gasteiger partial charge in [-0.2, -0.15) is 0 Å². The second-order valence-electron chi connectivity index (χ2n) is 5.26. The van der Waals surface area contributed by atoms with Crippen LogP contribution in [-0.2, 0) is 11.2 Å². The van der Waals surface area contributed by atoms with Crippen LogP contribution in [0.3, 0.4) is 0 Å². The number of aryl methyl sites for hydroxylation is 1. The van der Waals surface area contributed by atoms with E-state index in [9.17, 15) is 9.59 Å². The Hall–Kier alpha value is -3.15. The number of hydrogen-bond donors (Lipinski definition) is 2. The molecule has 0 saturated heterocycles. The largest absolute Gasteiger partial charge is 0.478 e. The molecule has 2 aromatic heterocycles. The summed E-state index contributed by atoms with van der Waals surface area (Å²) in [5, 5.41) is 11.6. The number of aromatic nitrogens is 2. The Balaban J connectivity index is 1.70. The van der Waals surface area contributed by atoms with Gasteiger partial charge < -0.3 is 14.8 Å². The molecule has 0 radical (unpaired) electrons. The van der Waals surface area contributed by atoms with Crippen molar-refractivity contribution in [3.05, 3.63) is 65.6 Å². The van der Waals surface area contributed by atoms with Gasteiger partial charge >= 0.3 is 5.97 Å². The van der Waals surface area contributed by atoms with Crippen molar-refractivity contribution >= 4 is 23.2 Å². The average molecular weight is 309 g/mol. The van der Waals surface area contributed by atoms with Crippen LogP contribution in [0, 0.1) is 6.92 Å². The van der Waals surface area contributed by atoms with Gasteiger partial charge in [-0.15, -0.1) is 0 Å². The summed E-state index contributed by atoms with van der Waals surface area (Å²) in [6.45, 7) is 1.97. The molecule has 3 rings (SSSR count). The van der Waals surface area contributed by atoms with Crippen molar-refractivity contribution < 1.29 is 14.7 Å². The smallest absolute Gasteiger partial charge is 0.335 e. The van der Waals surface area contributed by atoms with E-state index in [0.29, 0.717) is 11.4 Å². The van der Waals surface area contributed by atoms with Gasteiger partial charge in [0.15, 0.2) is 0 Å². The highest BCUT2D eigenvalue weighted by Gasteiger charge is 2.09. The summed E-state index contributed by atoms with van der Waals surface area (Å²) in [6, 6.07) is 9.93. The summed E-state index contributed by atoms with van der Waals surface area (Å²) >= 11 is 0. The molecule has 2 heterocycles. The van der Waals surface area contributed by atoms with Crippen LogP contribution in [0.25, 0.3) is 5.65 Å². The van der Waals surface area contributed by atoms with Crippen molar-refractivity contribution in [3.63, 3.8) is 0 Å². The number of rotatable bonds is 4. The van der Waals surface area contributed by atoms with Crippen LogP contribution in [0.15, 0.2) is 48.8 Å². The van der Waals surface area contributed by atoms with Crippen LogP contribution in [-0.4, -0.2) is 26.4 Å². The number of imidazole rings is 1. The molecular weight excluding hydrogens is 294 g/mol. The van der Waals surface area contributed by atoms with Gasteiger partial charge in [-0.25, -0.2) is 9.78 Å². The number of nitrogens with zero attached hydrogens (tertiary/aromatic N) is 2. The fraction of sp³-hybridized carbons (Fsp3) is 0.118. The van der Waals surface area contributed by atoms with Crippen molar-refractivity contribution in [3.8, 4) is 0 Å². The molecule has 116 valence electrons. The number of benzene rings is 1. The van der Waals surface area contributed by atoms with Gasteiger partial charge in [0, 0.05) is 18.1 Å². The molecule has 2 N–H and O–H groups in total. The van der Waals surface area contributed by atoms with Crippen LogP contribution in [0.2, 0.25) is 0 Å². The number of anilines is 1. The van der Waals surface area contributed by atoms with Gasteiger partial charge in [0.2, 0.25) is 5.91 Å². The molecule has 0 atom stereocenters. The second kappa shape index (κ2) is 5.92. The lowest BCUT2D eigenvalue weighted by Gasteiger charge is -2.04. The monoisotopic (exact) mass is 309 g/mol. The minimum atomic E-state index is -0.997. The normalized spacial score (nSPS) is 10.7. The van der Waals surface area contributed by atoms with E-state index >= 15 is 0 Å². The van der Waals surface area contributed by atoms with E-state index in [2.05, 4.69) is 10.3 Å². The molecule has 1 amide bonds. The SMILES string of the molecule is Cc1cccn2cc(CC(=O)Nc3ccc(C(=O)O)cc3)nc12. The number of carboxylic acid groups (broad SMARTS) is 1. The highest BCUT2D eigenvalue weighted by Crippen LogP contribution is 2.12. The minimum Gasteiger partial charge on any atom is -0.478 e. The van der Waals surface area contributed by atoms with E-state index < -0.39 is 5.97 Å². The second-order valence-corrected chi connectivity index (χ2v) is 5.26. The zero-order valence-electron chi connectivity index (χ0n) is 12.5. The number of fused-ring (bicyclic) bond motifs is 1. The minimum absolute atomic E-state index is 0.155. The molecule has 3 aromatic rings. The molecule has 0 bridgehead atoms. The molecule has 1 aromatic carbocycles. The highest BCUT2D eigenvalue weighted by molar-refractivity contribution is 5.93. The fourth-order valence-electron chi connectivity index (χ4n) is 2.36. The Kier molecular flexibility index (Phi) is 3.80. The molecule has 23 heavy (non-hydrogen) atoms. The van der Waals surface area contributed by atoms with Crippen molar-refractivity contribution in [2.24, 2.45) is 0 Å². The summed E-state index contributed by atoms with van der Waals surface area (Å²) in [4.78, 5) is 27.3. The van der Waals surface area contributed by atoms with E-state index in [-0.39, 0.29) is 17.9 Å². The number of hydrogen-bond acceptors (Lipinski definition) is 3. The fourth-order valence-corrected chi connectivity index (χ4v) is 2.36. The lowest BCUT2D eigenvalue weighted by Crippen LogP contribution is -2.14. The predicted octanol–water partition coefficient (Wildman–Crippen LogP) is 2.52. The summed E-state index contributed by atoms with van der Waals surface area (Å²) in [6.07, 6.45) is 3.87. The standard InChI is InChI=1S/C17H15N3O3/c1-11-3-2-8-20-10-14(19-16(11)20)9-15(21)18-13-6-4-12(5-7-13)17(22)23/h2-8,10H,9H2,1H3,(H,18,21)(H,22,23). The number of carbonyl (C=O) groups excluding carboxylic acids is 1. The highest BCUT2D eigenvalue weighted by atomic mass is 16.4. The summed E-state index contributed by atoms with van der Waals surface area (Å²) in [5.74, 6) is -1.20. The Morgan fingerprint density at radius 2 is 1.96 bits per heavy atom. The molecule has 0 aliphatic heterocycles. The van der Waals surface area contributed by atoms with Gasteiger partial charge in [-0.1, -0.05) is 6.07 Å². The van der Waals surface area contributed by atoms with E-state index in [0.717, 1.165) is 11.2 Å². The number of carbonyl (C=O) groups is 2. The Labute approximate surface area is 132 Å². The van der Waals surface area contributed by atoms with Gasteiger partial charge in [0.05, 0.1) is 17.7 Å². The molecule has 0 fully saturated rings. The number of pyridine rings is 1. The van der Waals surface area contributed by atoms with Gasteiger partial charge in [0.1, 0.15) is 5.65 Å².